The van der Waals surface area contributed by atoms with Crippen molar-refractivity contribution >= 4 is 12.6 Å². The van der Waals surface area contributed by atoms with Crippen molar-refractivity contribution in [3.63, 3.8) is 0 Å². The lowest BCUT2D eigenvalue weighted by Crippen LogP contribution is -2.56. The van der Waals surface area contributed by atoms with E-state index in [4.69, 9.17) is 5.11 Å². The number of rotatable bonds is 0. The smallest absolute Gasteiger partial charge is 0.132 e. The van der Waals surface area contributed by atoms with E-state index >= 15 is 0 Å². The zero-order valence-electron chi connectivity index (χ0n) is 4.26. The van der Waals surface area contributed by atoms with Crippen LogP contribution in [0.5, 0.6) is 0 Å². The van der Waals surface area contributed by atoms with Gasteiger partial charge in [0.25, 0.3) is 0 Å². The Hall–Kier alpha value is 0.270. The van der Waals surface area contributed by atoms with Gasteiger partial charge in [0.15, 0.2) is 0 Å². The van der Waals surface area contributed by atoms with E-state index in [1.807, 2.05) is 11.9 Å². The summed E-state index contributed by atoms with van der Waals surface area (Å²) in [5, 5.41) is 8.91. The van der Waals surface area contributed by atoms with E-state index in [0.29, 0.717) is 13.1 Å². The average molecular weight is 119 g/mol. The molecule has 0 unspecified atom stereocenters. The SMILES string of the molecule is CN1CC(O)(S)C1. The molecule has 0 aromatic heterocycles. The lowest BCUT2D eigenvalue weighted by atomic mass is 10.2. The van der Waals surface area contributed by atoms with Gasteiger partial charge in [-0.25, -0.2) is 0 Å². The zero-order chi connectivity index (χ0) is 5.49. The highest BCUT2D eigenvalue weighted by Gasteiger charge is 2.34. The normalized spacial score (nSPS) is 29.6. The molecule has 3 heteroatoms. The van der Waals surface area contributed by atoms with Crippen molar-refractivity contribution in [2.24, 2.45) is 0 Å². The van der Waals surface area contributed by atoms with Gasteiger partial charge in [-0.15, -0.1) is 12.6 Å². The third kappa shape index (κ3) is 1.08. The van der Waals surface area contributed by atoms with E-state index in [-0.39, 0.29) is 0 Å². The Morgan fingerprint density at radius 2 is 2.14 bits per heavy atom. The summed E-state index contributed by atoms with van der Waals surface area (Å²) in [5.74, 6) is 0. The second kappa shape index (κ2) is 1.37. The molecule has 0 spiro atoms. The van der Waals surface area contributed by atoms with Gasteiger partial charge in [0.05, 0.1) is 0 Å². The third-order valence-electron chi connectivity index (χ3n) is 1.05. The minimum Gasteiger partial charge on any atom is -0.377 e. The largest absolute Gasteiger partial charge is 0.377 e. The van der Waals surface area contributed by atoms with Gasteiger partial charge in [-0.1, -0.05) is 0 Å². The van der Waals surface area contributed by atoms with E-state index < -0.39 is 4.93 Å². The quantitative estimate of drug-likeness (QED) is 0.333. The Labute approximate surface area is 48.5 Å². The fraction of sp³-hybridized carbons (Fsp3) is 1.00. The van der Waals surface area contributed by atoms with Crippen LogP contribution in [0.2, 0.25) is 0 Å². The maximum atomic E-state index is 8.91. The van der Waals surface area contributed by atoms with Crippen LogP contribution in [0.3, 0.4) is 0 Å². The van der Waals surface area contributed by atoms with Gasteiger partial charge >= 0.3 is 0 Å². The summed E-state index contributed by atoms with van der Waals surface area (Å²) in [7, 11) is 1.95. The molecule has 0 saturated carbocycles. The molecule has 7 heavy (non-hydrogen) atoms. The molecule has 0 amide bonds. The van der Waals surface area contributed by atoms with Crippen molar-refractivity contribution in [1.82, 2.24) is 4.90 Å². The molecule has 42 valence electrons. The summed E-state index contributed by atoms with van der Waals surface area (Å²) in [6.07, 6.45) is 0. The first-order valence-corrected chi connectivity index (χ1v) is 2.68. The molecule has 0 aromatic carbocycles. The van der Waals surface area contributed by atoms with Gasteiger partial charge in [0, 0.05) is 13.1 Å². The predicted molar refractivity (Wildman–Crippen MR) is 31.4 cm³/mol. The molecule has 1 saturated heterocycles. The number of hydrogen-bond donors (Lipinski definition) is 2. The molecular weight excluding hydrogens is 110 g/mol. The lowest BCUT2D eigenvalue weighted by molar-refractivity contribution is -0.00880. The predicted octanol–water partition coefficient (Wildman–Crippen LogP) is -0.450. The van der Waals surface area contributed by atoms with E-state index in [1.165, 1.54) is 0 Å². The summed E-state index contributed by atoms with van der Waals surface area (Å²) >= 11 is 3.91. The van der Waals surface area contributed by atoms with E-state index in [0.717, 1.165) is 0 Å². The van der Waals surface area contributed by atoms with Crippen LogP contribution in [0, 0.1) is 0 Å². The Bertz CT molecular complexity index is 75.8. The lowest BCUT2D eigenvalue weighted by Gasteiger charge is -2.40. The summed E-state index contributed by atoms with van der Waals surface area (Å²) in [6, 6.07) is 0. The molecule has 1 fully saturated rings. The van der Waals surface area contributed by atoms with Crippen molar-refractivity contribution in [3.8, 4) is 0 Å². The Morgan fingerprint density at radius 3 is 2.14 bits per heavy atom. The molecule has 1 rings (SSSR count). The van der Waals surface area contributed by atoms with Gasteiger partial charge < -0.3 is 5.11 Å². The maximum Gasteiger partial charge on any atom is 0.132 e. The second-order valence-corrected chi connectivity index (χ2v) is 2.99. The summed E-state index contributed by atoms with van der Waals surface area (Å²) < 4.78 is 0. The molecule has 1 aliphatic rings. The van der Waals surface area contributed by atoms with Gasteiger partial charge in [0.1, 0.15) is 4.93 Å². The number of aliphatic hydroxyl groups is 1. The molecule has 0 radical (unpaired) electrons. The van der Waals surface area contributed by atoms with Crippen molar-refractivity contribution in [2.45, 2.75) is 4.93 Å². The first kappa shape index (κ1) is 5.41. The number of nitrogens with zero attached hydrogens (tertiary/aromatic N) is 1. The number of hydrogen-bond acceptors (Lipinski definition) is 3. The van der Waals surface area contributed by atoms with Crippen LogP contribution < -0.4 is 0 Å². The molecule has 1 heterocycles. The Morgan fingerprint density at radius 1 is 1.71 bits per heavy atom. The first-order valence-electron chi connectivity index (χ1n) is 2.23. The van der Waals surface area contributed by atoms with E-state index in [1.54, 1.807) is 0 Å². The highest BCUT2D eigenvalue weighted by molar-refractivity contribution is 7.81. The van der Waals surface area contributed by atoms with Crippen molar-refractivity contribution in [2.75, 3.05) is 20.1 Å². The third-order valence-corrected chi connectivity index (χ3v) is 1.33. The fourth-order valence-electron chi connectivity index (χ4n) is 0.818. The number of thiol groups is 1. The summed E-state index contributed by atoms with van der Waals surface area (Å²) in [6.45, 7) is 1.38. The molecule has 1 aliphatic heterocycles. The van der Waals surface area contributed by atoms with Gasteiger partial charge in [0.2, 0.25) is 0 Å². The van der Waals surface area contributed by atoms with Crippen LogP contribution >= 0.6 is 12.6 Å². The van der Waals surface area contributed by atoms with Crippen molar-refractivity contribution in [1.29, 1.82) is 0 Å². The van der Waals surface area contributed by atoms with Crippen LogP contribution in [0.25, 0.3) is 0 Å². The summed E-state index contributed by atoms with van der Waals surface area (Å²) in [5.41, 5.74) is 0. The summed E-state index contributed by atoms with van der Waals surface area (Å²) in [4.78, 5) is 1.32. The topological polar surface area (TPSA) is 23.5 Å². The molecule has 0 aromatic rings. The molecule has 0 aliphatic carbocycles. The fourth-order valence-corrected chi connectivity index (χ4v) is 1.30. The van der Waals surface area contributed by atoms with Gasteiger partial charge in [-0.05, 0) is 7.05 Å². The van der Waals surface area contributed by atoms with E-state index in [2.05, 4.69) is 12.6 Å². The van der Waals surface area contributed by atoms with Gasteiger partial charge in [-0.3, -0.25) is 4.90 Å². The average Bonchev–Trinajstić information content (AvgIpc) is 1.27. The maximum absolute atomic E-state index is 8.91. The van der Waals surface area contributed by atoms with Crippen LogP contribution in [0.4, 0.5) is 0 Å². The Balaban J connectivity index is 2.29. The minimum absolute atomic E-state index is 0.686. The highest BCUT2D eigenvalue weighted by Crippen LogP contribution is 2.21. The van der Waals surface area contributed by atoms with E-state index in [9.17, 15) is 0 Å². The molecule has 0 bridgehead atoms. The van der Waals surface area contributed by atoms with Gasteiger partial charge in [-0.2, -0.15) is 0 Å². The molecule has 0 atom stereocenters. The van der Waals surface area contributed by atoms with Crippen LogP contribution in [0.15, 0.2) is 0 Å². The molecule has 2 nitrogen and oxygen atoms in total. The van der Waals surface area contributed by atoms with Crippen molar-refractivity contribution < 1.29 is 5.11 Å². The molecule has 1 N–H and O–H groups in total. The number of likely N-dealkylation sites (tertiary alicyclic amines) is 1. The highest BCUT2D eigenvalue weighted by atomic mass is 32.1. The first-order chi connectivity index (χ1) is 3.10. The Kier molecular flexibility index (Phi) is 1.06. The molecular formula is C4H9NOS. The number of likely N-dealkylation sites (N-methyl/N-ethyl adjacent to an activating group) is 1. The van der Waals surface area contributed by atoms with Crippen LogP contribution in [0.1, 0.15) is 0 Å². The minimum atomic E-state index is -0.686. The van der Waals surface area contributed by atoms with Crippen molar-refractivity contribution in [3.05, 3.63) is 0 Å². The standard InChI is InChI=1S/C4H9NOS/c1-5-2-4(6,7)3-5/h6-7H,2-3H2,1H3. The second-order valence-electron chi connectivity index (χ2n) is 2.15. The monoisotopic (exact) mass is 119 g/mol. The number of β-amino-alcohol motifs (C(OH)–C–C–N with tert-alkyl or cyclic N) is 1. The van der Waals surface area contributed by atoms with Crippen LogP contribution in [-0.2, 0) is 0 Å². The van der Waals surface area contributed by atoms with Crippen LogP contribution in [-0.4, -0.2) is 35.1 Å². The zero-order valence-corrected chi connectivity index (χ0v) is 5.15.